The lowest BCUT2D eigenvalue weighted by atomic mass is 10.00. The van der Waals surface area contributed by atoms with Gasteiger partial charge in [-0.1, -0.05) is 6.92 Å². The molecule has 2 atom stereocenters. The zero-order valence-corrected chi connectivity index (χ0v) is 12.4. The fourth-order valence-corrected chi connectivity index (χ4v) is 3.01. The van der Waals surface area contributed by atoms with Gasteiger partial charge in [0.25, 0.3) is 0 Å². The number of hydrogen-bond acceptors (Lipinski definition) is 3. The first-order chi connectivity index (χ1) is 10.3. The minimum absolute atomic E-state index is 0.119. The highest BCUT2D eigenvalue weighted by molar-refractivity contribution is 5.78. The number of rotatable bonds is 5. The molecule has 0 bridgehead atoms. The van der Waals surface area contributed by atoms with Crippen molar-refractivity contribution >= 4 is 11.0 Å². The molecule has 3 nitrogen and oxygen atoms in total. The quantitative estimate of drug-likeness (QED) is 0.897. The molecule has 114 valence electrons. The number of ether oxygens (including phenoxy) is 1. The topological polar surface area (TPSA) is 34.4 Å². The Hall–Kier alpha value is -1.39. The minimum Gasteiger partial charge on any atom is -0.459 e. The maximum atomic E-state index is 13.3. The van der Waals surface area contributed by atoms with E-state index in [9.17, 15) is 4.39 Å². The van der Waals surface area contributed by atoms with Crippen molar-refractivity contribution in [2.75, 3.05) is 13.2 Å². The first-order valence-corrected chi connectivity index (χ1v) is 7.80. The van der Waals surface area contributed by atoms with E-state index in [1.807, 2.05) is 6.07 Å². The van der Waals surface area contributed by atoms with Crippen LogP contribution in [-0.2, 0) is 4.74 Å². The molecule has 1 N–H and O–H groups in total. The molecule has 0 spiro atoms. The highest BCUT2D eigenvalue weighted by Gasteiger charge is 2.23. The van der Waals surface area contributed by atoms with Crippen LogP contribution in [0.4, 0.5) is 4.39 Å². The van der Waals surface area contributed by atoms with Crippen LogP contribution >= 0.6 is 0 Å². The summed E-state index contributed by atoms with van der Waals surface area (Å²) in [5.41, 5.74) is 0.735. The van der Waals surface area contributed by atoms with E-state index in [2.05, 4.69) is 12.2 Å². The van der Waals surface area contributed by atoms with Gasteiger partial charge >= 0.3 is 0 Å². The van der Waals surface area contributed by atoms with Crippen LogP contribution < -0.4 is 5.32 Å². The van der Waals surface area contributed by atoms with E-state index in [0.717, 1.165) is 49.1 Å². The lowest BCUT2D eigenvalue weighted by Gasteiger charge is -2.26. The second-order valence-electron chi connectivity index (χ2n) is 5.67. The van der Waals surface area contributed by atoms with E-state index in [1.54, 1.807) is 6.07 Å². The van der Waals surface area contributed by atoms with Crippen LogP contribution in [0.3, 0.4) is 0 Å². The highest BCUT2D eigenvalue weighted by Crippen LogP contribution is 2.29. The third-order valence-electron chi connectivity index (χ3n) is 4.06. The van der Waals surface area contributed by atoms with Crippen molar-refractivity contribution in [3.63, 3.8) is 0 Å². The Morgan fingerprint density at radius 1 is 1.33 bits per heavy atom. The van der Waals surface area contributed by atoms with Crippen molar-refractivity contribution in [3.8, 4) is 0 Å². The third-order valence-corrected chi connectivity index (χ3v) is 4.06. The number of hydrogen-bond donors (Lipinski definition) is 1. The van der Waals surface area contributed by atoms with E-state index >= 15 is 0 Å². The Morgan fingerprint density at radius 2 is 2.24 bits per heavy atom. The number of benzene rings is 1. The summed E-state index contributed by atoms with van der Waals surface area (Å²) >= 11 is 0. The first-order valence-electron chi connectivity index (χ1n) is 7.80. The fraction of sp³-hybridized carbons (Fsp3) is 0.529. The molecule has 1 aromatic heterocycles. The fourth-order valence-electron chi connectivity index (χ4n) is 3.01. The molecule has 1 aliphatic rings. The average Bonchev–Trinajstić information content (AvgIpc) is 2.91. The summed E-state index contributed by atoms with van der Waals surface area (Å²) < 4.78 is 25.0. The van der Waals surface area contributed by atoms with E-state index in [-0.39, 0.29) is 18.0 Å². The molecule has 0 aliphatic carbocycles. The van der Waals surface area contributed by atoms with Crippen LogP contribution in [-0.4, -0.2) is 19.3 Å². The van der Waals surface area contributed by atoms with Gasteiger partial charge in [-0.3, -0.25) is 0 Å². The summed E-state index contributed by atoms with van der Waals surface area (Å²) in [6.45, 7) is 3.80. The Kier molecular flexibility index (Phi) is 4.56. The van der Waals surface area contributed by atoms with Crippen LogP contribution in [0.1, 0.15) is 44.4 Å². The molecule has 3 rings (SSSR count). The van der Waals surface area contributed by atoms with Gasteiger partial charge in [-0.05, 0) is 56.5 Å². The normalized spacial score (nSPS) is 20.8. The number of nitrogens with one attached hydrogen (secondary N) is 1. The molecule has 21 heavy (non-hydrogen) atoms. The molecular weight excluding hydrogens is 269 g/mol. The molecule has 1 aliphatic heterocycles. The van der Waals surface area contributed by atoms with Gasteiger partial charge in [-0.15, -0.1) is 0 Å². The van der Waals surface area contributed by atoms with Crippen LogP contribution in [0.25, 0.3) is 11.0 Å². The summed E-state index contributed by atoms with van der Waals surface area (Å²) in [5, 5.41) is 4.27. The largest absolute Gasteiger partial charge is 0.459 e. The zero-order chi connectivity index (χ0) is 14.7. The Morgan fingerprint density at radius 3 is 3.00 bits per heavy atom. The van der Waals surface area contributed by atoms with Gasteiger partial charge in [0.1, 0.15) is 17.2 Å². The monoisotopic (exact) mass is 291 g/mol. The third kappa shape index (κ3) is 3.44. The van der Waals surface area contributed by atoms with Crippen LogP contribution in [0.2, 0.25) is 0 Å². The highest BCUT2D eigenvalue weighted by atomic mass is 19.1. The van der Waals surface area contributed by atoms with Crippen molar-refractivity contribution in [2.45, 2.75) is 44.8 Å². The lowest BCUT2D eigenvalue weighted by Crippen LogP contribution is -2.28. The van der Waals surface area contributed by atoms with Gasteiger partial charge in [0.2, 0.25) is 0 Å². The second kappa shape index (κ2) is 6.58. The van der Waals surface area contributed by atoms with Gasteiger partial charge < -0.3 is 14.5 Å². The van der Waals surface area contributed by atoms with E-state index < -0.39 is 0 Å². The summed E-state index contributed by atoms with van der Waals surface area (Å²) in [5.74, 6) is 0.636. The zero-order valence-electron chi connectivity index (χ0n) is 12.4. The Bertz CT molecular complexity index is 589. The van der Waals surface area contributed by atoms with Crippen molar-refractivity contribution in [1.29, 1.82) is 0 Å². The van der Waals surface area contributed by atoms with E-state index in [1.165, 1.54) is 18.6 Å². The van der Waals surface area contributed by atoms with E-state index in [0.29, 0.717) is 0 Å². The molecule has 0 saturated carbocycles. The molecule has 2 aromatic rings. The summed E-state index contributed by atoms with van der Waals surface area (Å²) in [7, 11) is 0. The number of fused-ring (bicyclic) bond motifs is 1. The predicted molar refractivity (Wildman–Crippen MR) is 80.8 cm³/mol. The maximum absolute atomic E-state index is 13.3. The number of halogens is 1. The minimum atomic E-state index is -0.231. The molecule has 2 heterocycles. The smallest absolute Gasteiger partial charge is 0.134 e. The molecule has 4 heteroatoms. The van der Waals surface area contributed by atoms with Crippen molar-refractivity contribution in [2.24, 2.45) is 0 Å². The van der Waals surface area contributed by atoms with Crippen LogP contribution in [0.15, 0.2) is 28.7 Å². The van der Waals surface area contributed by atoms with Crippen LogP contribution in [0.5, 0.6) is 0 Å². The van der Waals surface area contributed by atoms with Gasteiger partial charge in [-0.25, -0.2) is 4.39 Å². The summed E-state index contributed by atoms with van der Waals surface area (Å²) in [6.07, 6.45) is 4.68. The van der Waals surface area contributed by atoms with Gasteiger partial charge in [0.15, 0.2) is 0 Å². The van der Waals surface area contributed by atoms with Gasteiger partial charge in [0.05, 0.1) is 12.1 Å². The van der Waals surface area contributed by atoms with E-state index in [4.69, 9.17) is 9.15 Å². The number of furan rings is 1. The van der Waals surface area contributed by atoms with Gasteiger partial charge in [-0.2, -0.15) is 0 Å². The van der Waals surface area contributed by atoms with Crippen molar-refractivity contribution in [1.82, 2.24) is 5.32 Å². The predicted octanol–water partition coefficient (Wildman–Crippen LogP) is 4.18. The molecule has 0 amide bonds. The van der Waals surface area contributed by atoms with Gasteiger partial charge in [0, 0.05) is 12.0 Å². The molecule has 1 saturated heterocycles. The molecule has 2 unspecified atom stereocenters. The molecular formula is C17H22FNO2. The summed E-state index contributed by atoms with van der Waals surface area (Å²) in [4.78, 5) is 0. The molecule has 0 radical (unpaired) electrons. The summed E-state index contributed by atoms with van der Waals surface area (Å²) in [6, 6.07) is 6.70. The first kappa shape index (κ1) is 14.5. The SMILES string of the molecule is CCNC(CC1CCCCO1)c1cc2cc(F)ccc2o1. The van der Waals surface area contributed by atoms with Crippen molar-refractivity contribution in [3.05, 3.63) is 35.8 Å². The molecule has 1 aromatic carbocycles. The Balaban J connectivity index is 1.80. The average molecular weight is 291 g/mol. The molecule has 1 fully saturated rings. The van der Waals surface area contributed by atoms with Crippen molar-refractivity contribution < 1.29 is 13.5 Å². The maximum Gasteiger partial charge on any atom is 0.134 e. The lowest BCUT2D eigenvalue weighted by molar-refractivity contribution is 0.00392. The Labute approximate surface area is 124 Å². The standard InChI is InChI=1S/C17H22FNO2/c1-2-19-15(11-14-5-3-4-8-20-14)17-10-12-9-13(18)6-7-16(12)21-17/h6-7,9-10,14-15,19H,2-5,8,11H2,1H3. The second-order valence-corrected chi connectivity index (χ2v) is 5.67. The van der Waals surface area contributed by atoms with Crippen LogP contribution in [0, 0.1) is 5.82 Å².